The Hall–Kier alpha value is -2.53. The normalized spacial score (nSPS) is 14.2. The third-order valence-corrected chi connectivity index (χ3v) is 4.49. The first-order chi connectivity index (χ1) is 12.7. The number of carbonyl (C=O) groups is 1. The lowest BCUT2D eigenvalue weighted by Gasteiger charge is -2.29. The van der Waals surface area contributed by atoms with Crippen molar-refractivity contribution in [1.29, 1.82) is 0 Å². The van der Waals surface area contributed by atoms with Gasteiger partial charge in [0.2, 0.25) is 0 Å². The van der Waals surface area contributed by atoms with Crippen LogP contribution in [0.3, 0.4) is 0 Å². The topological polar surface area (TPSA) is 42.0 Å². The molecule has 0 aromatic heterocycles. The molecule has 2 aromatic rings. The second kappa shape index (κ2) is 8.72. The molecule has 1 aliphatic heterocycles. The monoisotopic (exact) mass is 354 g/mol. The maximum absolute atomic E-state index is 12.6. The van der Waals surface area contributed by atoms with Crippen molar-refractivity contribution in [2.45, 2.75) is 13.5 Å². The van der Waals surface area contributed by atoms with Crippen LogP contribution in [0, 0.1) is 0 Å². The molecule has 1 saturated heterocycles. The largest absolute Gasteiger partial charge is 0.494 e. The molecule has 0 unspecified atom stereocenters. The van der Waals surface area contributed by atoms with E-state index in [2.05, 4.69) is 29.2 Å². The van der Waals surface area contributed by atoms with Crippen molar-refractivity contribution in [2.24, 2.45) is 0 Å². The number of hydrogen-bond donors (Lipinski definition) is 0. The van der Waals surface area contributed by atoms with E-state index in [9.17, 15) is 4.79 Å². The lowest BCUT2D eigenvalue weighted by atomic mass is 10.1. The van der Waals surface area contributed by atoms with E-state index in [1.54, 1.807) is 4.90 Å². The number of morpholine rings is 1. The number of hydrogen-bond acceptors (Lipinski definition) is 4. The Balaban J connectivity index is 1.59. The van der Waals surface area contributed by atoms with Gasteiger partial charge in [-0.05, 0) is 48.9 Å². The minimum Gasteiger partial charge on any atom is -0.494 e. The summed E-state index contributed by atoms with van der Waals surface area (Å²) in [5, 5.41) is 0. The number of ether oxygens (including phenoxy) is 2. The Kier molecular flexibility index (Phi) is 6.12. The summed E-state index contributed by atoms with van der Waals surface area (Å²) in [5.41, 5.74) is 2.99. The molecule has 0 bridgehead atoms. The van der Waals surface area contributed by atoms with Crippen LogP contribution in [0.1, 0.15) is 22.8 Å². The maximum atomic E-state index is 12.6. The Morgan fingerprint density at radius 2 is 1.73 bits per heavy atom. The quantitative estimate of drug-likeness (QED) is 0.799. The fourth-order valence-electron chi connectivity index (χ4n) is 3.06. The van der Waals surface area contributed by atoms with Crippen molar-refractivity contribution in [1.82, 2.24) is 4.90 Å². The minimum atomic E-state index is 0.00491. The number of nitrogens with zero attached hydrogens (tertiary/aromatic N) is 2. The van der Waals surface area contributed by atoms with Crippen LogP contribution < -0.4 is 9.64 Å². The summed E-state index contributed by atoms with van der Waals surface area (Å²) < 4.78 is 10.8. The highest BCUT2D eigenvalue weighted by atomic mass is 16.5. The highest BCUT2D eigenvalue weighted by Gasteiger charge is 2.14. The van der Waals surface area contributed by atoms with E-state index in [0.29, 0.717) is 18.7 Å². The van der Waals surface area contributed by atoms with Crippen molar-refractivity contribution in [2.75, 3.05) is 44.9 Å². The first-order valence-electron chi connectivity index (χ1n) is 9.07. The van der Waals surface area contributed by atoms with Crippen LogP contribution in [0.2, 0.25) is 0 Å². The third kappa shape index (κ3) is 4.55. The molecule has 138 valence electrons. The second-order valence-corrected chi connectivity index (χ2v) is 6.38. The zero-order valence-electron chi connectivity index (χ0n) is 15.5. The van der Waals surface area contributed by atoms with E-state index >= 15 is 0 Å². The molecular formula is C21H26N2O3. The van der Waals surface area contributed by atoms with Crippen molar-refractivity contribution in [3.63, 3.8) is 0 Å². The summed E-state index contributed by atoms with van der Waals surface area (Å²) in [7, 11) is 1.83. The maximum Gasteiger partial charge on any atom is 0.253 e. The first kappa shape index (κ1) is 18.3. The lowest BCUT2D eigenvalue weighted by molar-refractivity contribution is 0.0785. The van der Waals surface area contributed by atoms with Crippen molar-refractivity contribution >= 4 is 11.6 Å². The summed E-state index contributed by atoms with van der Waals surface area (Å²) >= 11 is 0. The molecular weight excluding hydrogens is 328 g/mol. The Morgan fingerprint density at radius 1 is 1.08 bits per heavy atom. The Morgan fingerprint density at radius 3 is 2.35 bits per heavy atom. The number of benzene rings is 2. The van der Waals surface area contributed by atoms with Gasteiger partial charge in [-0.25, -0.2) is 0 Å². The smallest absolute Gasteiger partial charge is 0.253 e. The Bertz CT molecular complexity index is 707. The standard InChI is InChI=1S/C21H26N2O3/c1-3-26-20-10-6-18(7-11-20)21(24)22(2)16-17-4-8-19(9-5-17)23-12-14-25-15-13-23/h4-11H,3,12-16H2,1-2H3. The SMILES string of the molecule is CCOc1ccc(C(=O)N(C)Cc2ccc(N3CCOCC3)cc2)cc1. The molecule has 5 heteroatoms. The van der Waals surface area contributed by atoms with Crippen LogP contribution in [0.25, 0.3) is 0 Å². The molecule has 3 rings (SSSR count). The summed E-state index contributed by atoms with van der Waals surface area (Å²) in [5.74, 6) is 0.788. The summed E-state index contributed by atoms with van der Waals surface area (Å²) in [6.07, 6.45) is 0. The number of carbonyl (C=O) groups excluding carboxylic acids is 1. The van der Waals surface area contributed by atoms with Gasteiger partial charge in [0.1, 0.15) is 5.75 Å². The fourth-order valence-corrected chi connectivity index (χ4v) is 3.06. The predicted molar refractivity (Wildman–Crippen MR) is 103 cm³/mol. The summed E-state index contributed by atoms with van der Waals surface area (Å²) in [6.45, 7) is 6.55. The zero-order chi connectivity index (χ0) is 18.4. The van der Waals surface area contributed by atoms with Gasteiger partial charge in [-0.1, -0.05) is 12.1 Å². The first-order valence-corrected chi connectivity index (χ1v) is 9.07. The van der Waals surface area contributed by atoms with Crippen molar-refractivity contribution in [3.05, 3.63) is 59.7 Å². The molecule has 2 aromatic carbocycles. The summed E-state index contributed by atoms with van der Waals surface area (Å²) in [6, 6.07) is 15.7. The van der Waals surface area contributed by atoms with Gasteiger partial charge in [0, 0.05) is 37.9 Å². The molecule has 0 saturated carbocycles. The molecule has 0 N–H and O–H groups in total. The third-order valence-electron chi connectivity index (χ3n) is 4.49. The second-order valence-electron chi connectivity index (χ2n) is 6.38. The van der Waals surface area contributed by atoms with Gasteiger partial charge in [0.25, 0.3) is 5.91 Å². The number of amides is 1. The van der Waals surface area contributed by atoms with E-state index < -0.39 is 0 Å². The van der Waals surface area contributed by atoms with Crippen LogP contribution in [-0.2, 0) is 11.3 Å². The van der Waals surface area contributed by atoms with Gasteiger partial charge in [0.15, 0.2) is 0 Å². The van der Waals surface area contributed by atoms with E-state index in [0.717, 1.165) is 37.6 Å². The highest BCUT2D eigenvalue weighted by Crippen LogP contribution is 2.18. The van der Waals surface area contributed by atoms with Gasteiger partial charge < -0.3 is 19.3 Å². The fraction of sp³-hybridized carbons (Fsp3) is 0.381. The van der Waals surface area contributed by atoms with Crippen LogP contribution >= 0.6 is 0 Å². The number of rotatable bonds is 6. The molecule has 1 amide bonds. The lowest BCUT2D eigenvalue weighted by Crippen LogP contribution is -2.36. The van der Waals surface area contributed by atoms with E-state index in [1.807, 2.05) is 38.2 Å². The zero-order valence-corrected chi connectivity index (χ0v) is 15.5. The molecule has 0 atom stereocenters. The van der Waals surface area contributed by atoms with Crippen molar-refractivity contribution < 1.29 is 14.3 Å². The van der Waals surface area contributed by atoms with Gasteiger partial charge in [0.05, 0.1) is 19.8 Å². The highest BCUT2D eigenvalue weighted by molar-refractivity contribution is 5.94. The minimum absolute atomic E-state index is 0.00491. The molecule has 0 radical (unpaired) electrons. The van der Waals surface area contributed by atoms with E-state index in [4.69, 9.17) is 9.47 Å². The van der Waals surface area contributed by atoms with Crippen LogP contribution in [0.15, 0.2) is 48.5 Å². The molecule has 1 fully saturated rings. The van der Waals surface area contributed by atoms with Gasteiger partial charge in [-0.15, -0.1) is 0 Å². The van der Waals surface area contributed by atoms with Crippen molar-refractivity contribution in [3.8, 4) is 5.75 Å². The molecule has 1 heterocycles. The van der Waals surface area contributed by atoms with Crippen LogP contribution in [0.4, 0.5) is 5.69 Å². The molecule has 1 aliphatic rings. The average Bonchev–Trinajstić information content (AvgIpc) is 2.69. The van der Waals surface area contributed by atoms with E-state index in [1.165, 1.54) is 5.69 Å². The number of anilines is 1. The Labute approximate surface area is 155 Å². The molecule has 26 heavy (non-hydrogen) atoms. The molecule has 5 nitrogen and oxygen atoms in total. The van der Waals surface area contributed by atoms with Gasteiger partial charge >= 0.3 is 0 Å². The van der Waals surface area contributed by atoms with E-state index in [-0.39, 0.29) is 5.91 Å². The molecule has 0 spiro atoms. The average molecular weight is 354 g/mol. The van der Waals surface area contributed by atoms with Gasteiger partial charge in [-0.3, -0.25) is 4.79 Å². The molecule has 0 aliphatic carbocycles. The van der Waals surface area contributed by atoms with Crippen LogP contribution in [0.5, 0.6) is 5.75 Å². The summed E-state index contributed by atoms with van der Waals surface area (Å²) in [4.78, 5) is 16.7. The van der Waals surface area contributed by atoms with Crippen LogP contribution in [-0.4, -0.2) is 50.8 Å². The predicted octanol–water partition coefficient (Wildman–Crippen LogP) is 3.19. The van der Waals surface area contributed by atoms with Gasteiger partial charge in [-0.2, -0.15) is 0 Å².